The molecule has 15 heavy (non-hydrogen) atoms. The van der Waals surface area contributed by atoms with Crippen molar-refractivity contribution < 1.29 is 9.47 Å². The van der Waals surface area contributed by atoms with Gasteiger partial charge in [0.25, 0.3) is 0 Å². The third-order valence-corrected chi connectivity index (χ3v) is 2.62. The van der Waals surface area contributed by atoms with Crippen LogP contribution in [0.5, 0.6) is 5.75 Å². The quantitative estimate of drug-likeness (QED) is 0.668. The Morgan fingerprint density at radius 2 is 1.80 bits per heavy atom. The molecule has 84 valence electrons. The zero-order chi connectivity index (χ0) is 11.1. The predicted molar refractivity (Wildman–Crippen MR) is 62.5 cm³/mol. The van der Waals surface area contributed by atoms with Gasteiger partial charge in [0, 0.05) is 7.11 Å². The van der Waals surface area contributed by atoms with Crippen LogP contribution in [0.4, 0.5) is 0 Å². The van der Waals surface area contributed by atoms with Gasteiger partial charge in [-0.15, -0.1) is 0 Å². The van der Waals surface area contributed by atoms with Crippen molar-refractivity contribution in [3.05, 3.63) is 29.8 Å². The van der Waals surface area contributed by atoms with Crippen molar-refractivity contribution >= 4 is 0 Å². The maximum Gasteiger partial charge on any atom is 0.119 e. The van der Waals surface area contributed by atoms with Crippen LogP contribution >= 0.6 is 0 Å². The van der Waals surface area contributed by atoms with Crippen molar-refractivity contribution in [3.63, 3.8) is 0 Å². The highest BCUT2D eigenvalue weighted by molar-refractivity contribution is 5.29. The highest BCUT2D eigenvalue weighted by Gasteiger charge is 2.02. The Morgan fingerprint density at radius 1 is 1.13 bits per heavy atom. The van der Waals surface area contributed by atoms with Gasteiger partial charge in [-0.3, -0.25) is 0 Å². The van der Waals surface area contributed by atoms with Crippen molar-refractivity contribution in [1.82, 2.24) is 0 Å². The molecule has 1 aromatic rings. The van der Waals surface area contributed by atoms with E-state index in [2.05, 4.69) is 26.0 Å². The molecule has 0 N–H and O–H groups in total. The Kier molecular flexibility index (Phi) is 5.19. The second kappa shape index (κ2) is 6.46. The largest absolute Gasteiger partial charge is 0.491 e. The van der Waals surface area contributed by atoms with E-state index >= 15 is 0 Å². The Labute approximate surface area is 92.2 Å². The summed E-state index contributed by atoms with van der Waals surface area (Å²) in [6.45, 7) is 5.68. The van der Waals surface area contributed by atoms with Gasteiger partial charge < -0.3 is 9.47 Å². The van der Waals surface area contributed by atoms with E-state index in [1.807, 2.05) is 12.1 Å². The molecule has 0 bridgehead atoms. The summed E-state index contributed by atoms with van der Waals surface area (Å²) >= 11 is 0. The molecule has 2 nitrogen and oxygen atoms in total. The number of rotatable bonds is 6. The number of hydrogen-bond acceptors (Lipinski definition) is 2. The van der Waals surface area contributed by atoms with Crippen LogP contribution in [0.15, 0.2) is 24.3 Å². The molecule has 1 unspecified atom stereocenters. The molecule has 0 aliphatic rings. The molecule has 0 saturated carbocycles. The van der Waals surface area contributed by atoms with Crippen LogP contribution in [0, 0.1) is 0 Å². The first kappa shape index (κ1) is 12.1. The normalized spacial score (nSPS) is 12.5. The van der Waals surface area contributed by atoms with Crippen molar-refractivity contribution in [3.8, 4) is 5.75 Å². The van der Waals surface area contributed by atoms with Crippen LogP contribution in [0.25, 0.3) is 0 Å². The van der Waals surface area contributed by atoms with E-state index in [0.717, 1.165) is 5.75 Å². The molecule has 2 heteroatoms. The predicted octanol–water partition coefficient (Wildman–Crippen LogP) is 3.23. The summed E-state index contributed by atoms with van der Waals surface area (Å²) in [5.74, 6) is 1.54. The van der Waals surface area contributed by atoms with E-state index in [1.165, 1.54) is 12.0 Å². The van der Waals surface area contributed by atoms with Gasteiger partial charge in [-0.05, 0) is 30.0 Å². The highest BCUT2D eigenvalue weighted by Crippen LogP contribution is 2.21. The summed E-state index contributed by atoms with van der Waals surface area (Å²) in [5, 5.41) is 0. The van der Waals surface area contributed by atoms with E-state index in [1.54, 1.807) is 7.11 Å². The number of ether oxygens (including phenoxy) is 2. The van der Waals surface area contributed by atoms with Crippen LogP contribution in [0.1, 0.15) is 31.7 Å². The molecule has 0 aromatic heterocycles. The standard InChI is InChI=1S/C13H20O2/c1-4-11(2)12-5-7-13(8-6-12)15-10-9-14-3/h5-8,11H,4,9-10H2,1-3H3. The lowest BCUT2D eigenvalue weighted by atomic mass is 9.99. The molecule has 0 saturated heterocycles. The topological polar surface area (TPSA) is 18.5 Å². The lowest BCUT2D eigenvalue weighted by molar-refractivity contribution is 0.146. The maximum atomic E-state index is 5.49. The summed E-state index contributed by atoms with van der Waals surface area (Å²) < 4.78 is 10.4. The molecule has 1 atom stereocenters. The average molecular weight is 208 g/mol. The summed E-state index contributed by atoms with van der Waals surface area (Å²) in [5.41, 5.74) is 1.37. The highest BCUT2D eigenvalue weighted by atomic mass is 16.5. The smallest absolute Gasteiger partial charge is 0.119 e. The molecule has 0 amide bonds. The fourth-order valence-corrected chi connectivity index (χ4v) is 1.37. The van der Waals surface area contributed by atoms with Crippen molar-refractivity contribution in [2.24, 2.45) is 0 Å². The molecule has 1 aromatic carbocycles. The van der Waals surface area contributed by atoms with Crippen molar-refractivity contribution in [1.29, 1.82) is 0 Å². The fraction of sp³-hybridized carbons (Fsp3) is 0.538. The number of hydrogen-bond donors (Lipinski definition) is 0. The van der Waals surface area contributed by atoms with E-state index < -0.39 is 0 Å². The Bertz CT molecular complexity index is 266. The first-order valence-electron chi connectivity index (χ1n) is 5.49. The van der Waals surface area contributed by atoms with E-state index in [9.17, 15) is 0 Å². The monoisotopic (exact) mass is 208 g/mol. The number of methoxy groups -OCH3 is 1. The fourth-order valence-electron chi connectivity index (χ4n) is 1.37. The minimum absolute atomic E-state index is 0.610. The summed E-state index contributed by atoms with van der Waals surface area (Å²) in [7, 11) is 1.68. The second-order valence-corrected chi connectivity index (χ2v) is 3.72. The summed E-state index contributed by atoms with van der Waals surface area (Å²) in [6, 6.07) is 8.32. The summed E-state index contributed by atoms with van der Waals surface area (Å²) in [4.78, 5) is 0. The lowest BCUT2D eigenvalue weighted by Crippen LogP contribution is -2.04. The molecule has 0 radical (unpaired) electrons. The molecule has 0 aliphatic carbocycles. The van der Waals surface area contributed by atoms with Crippen molar-refractivity contribution in [2.45, 2.75) is 26.2 Å². The Balaban J connectivity index is 2.49. The van der Waals surface area contributed by atoms with Crippen LogP contribution in [-0.2, 0) is 4.74 Å². The molecule has 1 rings (SSSR count). The van der Waals surface area contributed by atoms with Gasteiger partial charge in [0.15, 0.2) is 0 Å². The van der Waals surface area contributed by atoms with Crippen LogP contribution in [0.3, 0.4) is 0 Å². The Hall–Kier alpha value is -1.02. The SMILES string of the molecule is CCC(C)c1ccc(OCCOC)cc1. The molecule has 0 aliphatic heterocycles. The molecular weight excluding hydrogens is 188 g/mol. The van der Waals surface area contributed by atoms with Gasteiger partial charge in [0.05, 0.1) is 6.61 Å². The van der Waals surface area contributed by atoms with E-state index in [-0.39, 0.29) is 0 Å². The van der Waals surface area contributed by atoms with Crippen LogP contribution in [0.2, 0.25) is 0 Å². The van der Waals surface area contributed by atoms with Gasteiger partial charge >= 0.3 is 0 Å². The van der Waals surface area contributed by atoms with Crippen LogP contribution < -0.4 is 4.74 Å². The first-order valence-corrected chi connectivity index (χ1v) is 5.49. The van der Waals surface area contributed by atoms with Gasteiger partial charge in [-0.2, -0.15) is 0 Å². The second-order valence-electron chi connectivity index (χ2n) is 3.72. The summed E-state index contributed by atoms with van der Waals surface area (Å²) in [6.07, 6.45) is 1.17. The Morgan fingerprint density at radius 3 is 2.33 bits per heavy atom. The molecule has 0 spiro atoms. The van der Waals surface area contributed by atoms with E-state index in [4.69, 9.17) is 9.47 Å². The third kappa shape index (κ3) is 3.92. The van der Waals surface area contributed by atoms with Gasteiger partial charge in [-0.25, -0.2) is 0 Å². The zero-order valence-electron chi connectivity index (χ0n) is 9.82. The number of benzene rings is 1. The zero-order valence-corrected chi connectivity index (χ0v) is 9.82. The molecule has 0 heterocycles. The minimum Gasteiger partial charge on any atom is -0.491 e. The van der Waals surface area contributed by atoms with Crippen molar-refractivity contribution in [2.75, 3.05) is 20.3 Å². The first-order chi connectivity index (χ1) is 7.27. The van der Waals surface area contributed by atoms with Gasteiger partial charge in [0.1, 0.15) is 12.4 Å². The molecular formula is C13H20O2. The third-order valence-electron chi connectivity index (χ3n) is 2.62. The molecule has 0 fully saturated rings. The van der Waals surface area contributed by atoms with Gasteiger partial charge in [-0.1, -0.05) is 26.0 Å². The van der Waals surface area contributed by atoms with Crippen LogP contribution in [-0.4, -0.2) is 20.3 Å². The van der Waals surface area contributed by atoms with Gasteiger partial charge in [0.2, 0.25) is 0 Å². The van der Waals surface area contributed by atoms with E-state index in [0.29, 0.717) is 19.1 Å². The average Bonchev–Trinajstić information content (AvgIpc) is 2.29. The lowest BCUT2D eigenvalue weighted by Gasteiger charge is -2.10. The maximum absolute atomic E-state index is 5.49. The minimum atomic E-state index is 0.610.